The Morgan fingerprint density at radius 1 is 0.345 bits per heavy atom. The highest BCUT2D eigenvalue weighted by Gasteiger charge is 2.43. The maximum atomic E-state index is 6.43. The van der Waals surface area contributed by atoms with Crippen LogP contribution in [0.4, 0.5) is 0 Å². The highest BCUT2D eigenvalue weighted by Crippen LogP contribution is 2.52. The number of rotatable bonds is 12. The Morgan fingerprint density at radius 2 is 0.517 bits per heavy atom. The molecule has 0 unspecified atom stereocenters. The van der Waals surface area contributed by atoms with Crippen LogP contribution in [-0.2, 0) is 0 Å². The molecule has 0 radical (unpaired) electrons. The van der Waals surface area contributed by atoms with Crippen molar-refractivity contribution < 1.29 is 0 Å². The second-order valence-electron chi connectivity index (χ2n) is 15.3. The average Bonchev–Trinajstić information content (AvgIpc) is 2.10. The summed E-state index contributed by atoms with van der Waals surface area (Å²) in [5.74, 6) is 0. The van der Waals surface area contributed by atoms with E-state index in [-0.39, 0.29) is 38.3 Å². The zero-order valence-corrected chi connectivity index (χ0v) is 22.5. The van der Waals surface area contributed by atoms with Crippen molar-refractivity contribution in [3.63, 3.8) is 0 Å². The van der Waals surface area contributed by atoms with Gasteiger partial charge in [0.05, 0.1) is 0 Å². The van der Waals surface area contributed by atoms with Crippen LogP contribution < -0.4 is 17.2 Å². The van der Waals surface area contributed by atoms with Crippen molar-refractivity contribution in [2.24, 2.45) is 38.9 Å². The van der Waals surface area contributed by atoms with Gasteiger partial charge in [-0.05, 0) is 102 Å². The fourth-order valence-electron chi connectivity index (χ4n) is 7.54. The van der Waals surface area contributed by atoms with Gasteiger partial charge in [0.1, 0.15) is 0 Å². The first-order valence-corrected chi connectivity index (χ1v) is 11.6. The van der Waals surface area contributed by atoms with Crippen LogP contribution in [0.5, 0.6) is 0 Å². The average molecular weight is 412 g/mol. The zero-order valence-electron chi connectivity index (χ0n) is 22.5. The zero-order chi connectivity index (χ0) is 23.7. The minimum Gasteiger partial charge on any atom is -0.326 e. The van der Waals surface area contributed by atoms with Gasteiger partial charge < -0.3 is 17.2 Å². The van der Waals surface area contributed by atoms with Crippen molar-refractivity contribution in [3.8, 4) is 0 Å². The molecule has 0 aliphatic heterocycles. The summed E-state index contributed by atoms with van der Waals surface area (Å²) in [4.78, 5) is 0. The molecule has 0 aromatic rings. The van der Waals surface area contributed by atoms with Gasteiger partial charge in [-0.1, -0.05) is 48.5 Å². The molecule has 0 heterocycles. The van der Waals surface area contributed by atoms with Gasteiger partial charge in [-0.3, -0.25) is 0 Å². The van der Waals surface area contributed by atoms with Crippen molar-refractivity contribution in [2.45, 2.75) is 145 Å². The minimum atomic E-state index is -0.159. The normalized spacial score (nSPS) is 15.7. The third-order valence-corrected chi connectivity index (χ3v) is 5.52. The van der Waals surface area contributed by atoms with E-state index in [0.717, 1.165) is 38.5 Å². The van der Waals surface area contributed by atoms with E-state index in [9.17, 15) is 0 Å². The van der Waals surface area contributed by atoms with Crippen LogP contribution in [0.25, 0.3) is 0 Å². The van der Waals surface area contributed by atoms with Gasteiger partial charge in [-0.25, -0.2) is 0 Å². The summed E-state index contributed by atoms with van der Waals surface area (Å²) >= 11 is 0. The van der Waals surface area contributed by atoms with E-state index in [4.69, 9.17) is 17.2 Å². The summed E-state index contributed by atoms with van der Waals surface area (Å²) < 4.78 is 0. The number of hydrogen-bond acceptors (Lipinski definition) is 3. The summed E-state index contributed by atoms with van der Waals surface area (Å²) in [6.45, 7) is 29.7. The summed E-state index contributed by atoms with van der Waals surface area (Å²) in [5.41, 5.74) is 19.5. The molecule has 0 rings (SSSR count). The van der Waals surface area contributed by atoms with Crippen LogP contribution in [0.2, 0.25) is 0 Å². The Hall–Kier alpha value is -0.120. The molecule has 176 valence electrons. The molecule has 0 fully saturated rings. The summed E-state index contributed by atoms with van der Waals surface area (Å²) in [5, 5.41) is 0. The topological polar surface area (TPSA) is 78.1 Å². The van der Waals surface area contributed by atoms with E-state index in [1.807, 2.05) is 0 Å². The highest BCUT2D eigenvalue weighted by molar-refractivity contribution is 4.96. The molecular formula is C26H57N3. The Morgan fingerprint density at radius 3 is 0.655 bits per heavy atom. The monoisotopic (exact) mass is 411 g/mol. The van der Waals surface area contributed by atoms with Gasteiger partial charge >= 0.3 is 0 Å². The van der Waals surface area contributed by atoms with E-state index in [2.05, 4.69) is 90.0 Å². The molecule has 0 spiro atoms. The second-order valence-corrected chi connectivity index (χ2v) is 15.3. The van der Waals surface area contributed by atoms with Gasteiger partial charge in [0.15, 0.2) is 0 Å². The van der Waals surface area contributed by atoms with Gasteiger partial charge in [-0.15, -0.1) is 0 Å². The van der Waals surface area contributed by atoms with Crippen molar-refractivity contribution in [2.75, 3.05) is 0 Å². The fourth-order valence-corrected chi connectivity index (χ4v) is 7.54. The fraction of sp³-hybridized carbons (Fsp3) is 1.00. The standard InChI is InChI=1S/C26H57N3/c1-20(2,14-23(7,8)27)17-26(13,18-21(3,4)15-24(9,10)28)19-22(5,6)16-25(11,12)29/h14-19,27-29H2,1-13H3. The number of hydrogen-bond donors (Lipinski definition) is 3. The van der Waals surface area contributed by atoms with Crippen molar-refractivity contribution >= 4 is 0 Å². The van der Waals surface area contributed by atoms with E-state index < -0.39 is 0 Å². The molecule has 0 saturated heterocycles. The van der Waals surface area contributed by atoms with Gasteiger partial charge in [0, 0.05) is 16.6 Å². The van der Waals surface area contributed by atoms with Crippen LogP contribution in [0.15, 0.2) is 0 Å². The molecule has 3 heteroatoms. The van der Waals surface area contributed by atoms with E-state index in [0.29, 0.717) is 0 Å². The SMILES string of the molecule is CC(C)(N)CC(C)(C)CC(C)(CC(C)(C)CC(C)(C)N)CC(C)(C)CC(C)(C)N. The lowest BCUT2D eigenvalue weighted by Gasteiger charge is -2.49. The molecular weight excluding hydrogens is 354 g/mol. The lowest BCUT2D eigenvalue weighted by atomic mass is 9.57. The second kappa shape index (κ2) is 8.79. The van der Waals surface area contributed by atoms with Gasteiger partial charge in [0.2, 0.25) is 0 Å². The molecule has 6 N–H and O–H groups in total. The molecule has 0 aliphatic carbocycles. The number of nitrogens with two attached hydrogens (primary N) is 3. The molecule has 0 aliphatic rings. The van der Waals surface area contributed by atoms with Gasteiger partial charge in [-0.2, -0.15) is 0 Å². The van der Waals surface area contributed by atoms with Crippen LogP contribution >= 0.6 is 0 Å². The molecule has 29 heavy (non-hydrogen) atoms. The Kier molecular flexibility index (Phi) is 8.75. The van der Waals surface area contributed by atoms with E-state index in [1.54, 1.807) is 0 Å². The summed E-state index contributed by atoms with van der Waals surface area (Å²) in [7, 11) is 0. The van der Waals surface area contributed by atoms with Gasteiger partial charge in [0.25, 0.3) is 0 Å². The van der Waals surface area contributed by atoms with Crippen molar-refractivity contribution in [1.29, 1.82) is 0 Å². The van der Waals surface area contributed by atoms with E-state index in [1.165, 1.54) is 0 Å². The molecule has 0 aromatic heterocycles. The maximum absolute atomic E-state index is 6.43. The van der Waals surface area contributed by atoms with Crippen LogP contribution in [-0.4, -0.2) is 16.6 Å². The first kappa shape index (κ1) is 28.9. The van der Waals surface area contributed by atoms with Crippen LogP contribution in [0, 0.1) is 21.7 Å². The molecule has 0 atom stereocenters. The summed E-state index contributed by atoms with van der Waals surface area (Å²) in [6.07, 6.45) is 6.51. The predicted octanol–water partition coefficient (Wildman–Crippen LogP) is 6.62. The summed E-state index contributed by atoms with van der Waals surface area (Å²) in [6, 6.07) is 0. The lowest BCUT2D eigenvalue weighted by molar-refractivity contribution is 0.0335. The quantitative estimate of drug-likeness (QED) is 0.337. The lowest BCUT2D eigenvalue weighted by Crippen LogP contribution is -2.44. The predicted molar refractivity (Wildman–Crippen MR) is 132 cm³/mol. The van der Waals surface area contributed by atoms with Crippen LogP contribution in [0.3, 0.4) is 0 Å². The Bertz CT molecular complexity index is 433. The maximum Gasteiger partial charge on any atom is 0.0102 e. The Balaban J connectivity index is 5.85. The molecule has 0 aromatic carbocycles. The third-order valence-electron chi connectivity index (χ3n) is 5.52. The van der Waals surface area contributed by atoms with Crippen molar-refractivity contribution in [3.05, 3.63) is 0 Å². The molecule has 0 saturated carbocycles. The molecule has 3 nitrogen and oxygen atoms in total. The first-order chi connectivity index (χ1) is 12.2. The first-order valence-electron chi connectivity index (χ1n) is 11.6. The third kappa shape index (κ3) is 14.5. The van der Waals surface area contributed by atoms with Crippen LogP contribution in [0.1, 0.15) is 129 Å². The minimum absolute atomic E-state index is 0.159. The smallest absolute Gasteiger partial charge is 0.0102 e. The van der Waals surface area contributed by atoms with E-state index >= 15 is 0 Å². The highest BCUT2D eigenvalue weighted by atomic mass is 14.7. The van der Waals surface area contributed by atoms with Crippen molar-refractivity contribution in [1.82, 2.24) is 0 Å². The molecule has 0 bridgehead atoms. The molecule has 0 amide bonds. The Labute approximate surface area is 184 Å². The largest absolute Gasteiger partial charge is 0.326 e.